The highest BCUT2D eigenvalue weighted by Crippen LogP contribution is 2.23. The topological polar surface area (TPSA) is 65.2 Å². The number of hydrogen-bond donors (Lipinski definition) is 2. The van der Waals surface area contributed by atoms with Crippen LogP contribution >= 0.6 is 0 Å². The van der Waals surface area contributed by atoms with Crippen LogP contribution in [0.25, 0.3) is 10.9 Å². The molecule has 1 aliphatic heterocycles. The monoisotopic (exact) mass is 365 g/mol. The molecule has 6 heteroatoms. The largest absolute Gasteiger partial charge is 0.351 e. The Bertz CT molecular complexity index is 965. The molecule has 1 atom stereocenters. The van der Waals surface area contributed by atoms with Gasteiger partial charge in [0, 0.05) is 24.0 Å². The van der Waals surface area contributed by atoms with Crippen LogP contribution in [0.4, 0.5) is 10.1 Å². The Labute approximate surface area is 156 Å². The summed E-state index contributed by atoms with van der Waals surface area (Å²) in [5.41, 5.74) is 1.60. The van der Waals surface area contributed by atoms with Crippen molar-refractivity contribution in [3.8, 4) is 0 Å². The minimum Gasteiger partial charge on any atom is -0.351 e. The number of hydrogen-bond acceptors (Lipinski definition) is 2. The Morgan fingerprint density at radius 2 is 1.89 bits per heavy atom. The van der Waals surface area contributed by atoms with Gasteiger partial charge in [-0.3, -0.25) is 9.59 Å². The minimum absolute atomic E-state index is 0.116. The summed E-state index contributed by atoms with van der Waals surface area (Å²) in [6.45, 7) is 0.937. The number of likely N-dealkylation sites (tertiary alicyclic amines) is 1. The van der Waals surface area contributed by atoms with Gasteiger partial charge >= 0.3 is 0 Å². The zero-order valence-electron chi connectivity index (χ0n) is 14.7. The van der Waals surface area contributed by atoms with Gasteiger partial charge in [0.25, 0.3) is 5.91 Å². The standard InChI is InChI=1S/C21H20FN3O2/c22-16-8-2-4-10-18(16)24-20(26)15-7-5-11-25(13-15)21(27)19-12-14-6-1-3-9-17(14)23-19/h1-4,6,8-10,12,15,23H,5,7,11,13H2,(H,24,26). The first-order chi connectivity index (χ1) is 13.1. The van der Waals surface area contributed by atoms with E-state index >= 15 is 0 Å². The van der Waals surface area contributed by atoms with Gasteiger partial charge in [0.15, 0.2) is 0 Å². The highest BCUT2D eigenvalue weighted by Gasteiger charge is 2.29. The molecule has 0 spiro atoms. The van der Waals surface area contributed by atoms with Crippen molar-refractivity contribution in [2.45, 2.75) is 12.8 Å². The van der Waals surface area contributed by atoms with E-state index in [2.05, 4.69) is 10.3 Å². The van der Waals surface area contributed by atoms with Gasteiger partial charge in [0.2, 0.25) is 5.91 Å². The van der Waals surface area contributed by atoms with Crippen LogP contribution in [0.1, 0.15) is 23.3 Å². The number of benzene rings is 2. The average molecular weight is 365 g/mol. The molecule has 1 unspecified atom stereocenters. The number of H-pyrrole nitrogens is 1. The molecule has 0 bridgehead atoms. The Morgan fingerprint density at radius 1 is 1.11 bits per heavy atom. The highest BCUT2D eigenvalue weighted by molar-refractivity contribution is 5.99. The number of para-hydroxylation sites is 2. The molecule has 0 radical (unpaired) electrons. The van der Waals surface area contributed by atoms with E-state index in [-0.39, 0.29) is 23.4 Å². The fraction of sp³-hybridized carbons (Fsp3) is 0.238. The number of amides is 2. The van der Waals surface area contributed by atoms with Crippen LogP contribution < -0.4 is 5.32 Å². The van der Waals surface area contributed by atoms with E-state index in [1.807, 2.05) is 30.3 Å². The predicted octanol–water partition coefficient (Wildman–Crippen LogP) is 3.80. The molecule has 4 rings (SSSR count). The number of nitrogens with one attached hydrogen (secondary N) is 2. The van der Waals surface area contributed by atoms with E-state index < -0.39 is 5.82 Å². The van der Waals surface area contributed by atoms with Crippen LogP contribution in [0.5, 0.6) is 0 Å². The first-order valence-corrected chi connectivity index (χ1v) is 9.04. The van der Waals surface area contributed by atoms with Crippen molar-refractivity contribution in [2.75, 3.05) is 18.4 Å². The Hall–Kier alpha value is -3.15. The molecule has 1 saturated heterocycles. The van der Waals surface area contributed by atoms with E-state index in [4.69, 9.17) is 0 Å². The number of rotatable bonds is 3. The quantitative estimate of drug-likeness (QED) is 0.741. The van der Waals surface area contributed by atoms with Gasteiger partial charge in [-0.25, -0.2) is 4.39 Å². The van der Waals surface area contributed by atoms with E-state index in [9.17, 15) is 14.0 Å². The number of piperidine rings is 1. The lowest BCUT2D eigenvalue weighted by Gasteiger charge is -2.31. The van der Waals surface area contributed by atoms with Crippen molar-refractivity contribution in [3.63, 3.8) is 0 Å². The third kappa shape index (κ3) is 3.56. The van der Waals surface area contributed by atoms with Gasteiger partial charge in [-0.15, -0.1) is 0 Å². The van der Waals surface area contributed by atoms with Crippen molar-refractivity contribution in [3.05, 3.63) is 66.1 Å². The molecule has 2 aromatic carbocycles. The predicted molar refractivity (Wildman–Crippen MR) is 102 cm³/mol. The molecule has 1 fully saturated rings. The second-order valence-corrected chi connectivity index (χ2v) is 6.83. The number of aromatic nitrogens is 1. The maximum atomic E-state index is 13.8. The van der Waals surface area contributed by atoms with Crippen molar-refractivity contribution in [1.82, 2.24) is 9.88 Å². The van der Waals surface area contributed by atoms with Crippen LogP contribution in [-0.4, -0.2) is 34.8 Å². The summed E-state index contributed by atoms with van der Waals surface area (Å²) in [7, 11) is 0. The normalized spacial score (nSPS) is 17.1. The summed E-state index contributed by atoms with van der Waals surface area (Å²) in [6.07, 6.45) is 1.41. The van der Waals surface area contributed by atoms with Crippen molar-refractivity contribution in [2.24, 2.45) is 5.92 Å². The lowest BCUT2D eigenvalue weighted by atomic mass is 9.96. The summed E-state index contributed by atoms with van der Waals surface area (Å²) < 4.78 is 13.8. The molecule has 2 heterocycles. The molecule has 2 N–H and O–H groups in total. The van der Waals surface area contributed by atoms with Crippen molar-refractivity contribution < 1.29 is 14.0 Å². The summed E-state index contributed by atoms with van der Waals surface area (Å²) in [6, 6.07) is 15.6. The summed E-state index contributed by atoms with van der Waals surface area (Å²) >= 11 is 0. The minimum atomic E-state index is -0.465. The molecule has 3 aromatic rings. The van der Waals surface area contributed by atoms with Gasteiger partial charge in [0.05, 0.1) is 11.6 Å². The Balaban J connectivity index is 1.46. The third-order valence-corrected chi connectivity index (χ3v) is 4.97. The highest BCUT2D eigenvalue weighted by atomic mass is 19.1. The maximum absolute atomic E-state index is 13.8. The number of carbonyl (C=O) groups is 2. The van der Waals surface area contributed by atoms with Crippen LogP contribution in [0.3, 0.4) is 0 Å². The van der Waals surface area contributed by atoms with Crippen LogP contribution in [0, 0.1) is 11.7 Å². The Kier molecular flexibility index (Phi) is 4.62. The number of anilines is 1. The molecular weight excluding hydrogens is 345 g/mol. The number of aromatic amines is 1. The van der Waals surface area contributed by atoms with Crippen LogP contribution in [-0.2, 0) is 4.79 Å². The molecule has 5 nitrogen and oxygen atoms in total. The first-order valence-electron chi connectivity index (χ1n) is 9.04. The molecule has 1 aliphatic rings. The van der Waals surface area contributed by atoms with E-state index in [1.165, 1.54) is 12.1 Å². The second-order valence-electron chi connectivity index (χ2n) is 6.83. The van der Waals surface area contributed by atoms with Gasteiger partial charge in [-0.1, -0.05) is 30.3 Å². The molecule has 138 valence electrons. The van der Waals surface area contributed by atoms with Gasteiger partial charge in [0.1, 0.15) is 11.5 Å². The third-order valence-electron chi connectivity index (χ3n) is 4.97. The molecule has 2 amide bonds. The lowest BCUT2D eigenvalue weighted by molar-refractivity contribution is -0.121. The second kappa shape index (κ2) is 7.23. The van der Waals surface area contributed by atoms with Crippen LogP contribution in [0.2, 0.25) is 0 Å². The van der Waals surface area contributed by atoms with Gasteiger partial charge in [-0.2, -0.15) is 0 Å². The molecule has 0 saturated carbocycles. The number of nitrogens with zero attached hydrogens (tertiary/aromatic N) is 1. The molecule has 0 aliphatic carbocycles. The molecule has 1 aromatic heterocycles. The average Bonchev–Trinajstić information content (AvgIpc) is 3.13. The zero-order chi connectivity index (χ0) is 18.8. The van der Waals surface area contributed by atoms with Gasteiger partial charge < -0.3 is 15.2 Å². The summed E-state index contributed by atoms with van der Waals surface area (Å²) in [4.78, 5) is 30.2. The van der Waals surface area contributed by atoms with Crippen molar-refractivity contribution >= 4 is 28.4 Å². The number of fused-ring (bicyclic) bond motifs is 1. The van der Waals surface area contributed by atoms with Crippen LogP contribution in [0.15, 0.2) is 54.6 Å². The number of halogens is 1. The fourth-order valence-electron chi connectivity index (χ4n) is 3.53. The SMILES string of the molecule is O=C(Nc1ccccc1F)C1CCCN(C(=O)c2cc3ccccc3[nH]2)C1. The fourth-order valence-corrected chi connectivity index (χ4v) is 3.53. The lowest BCUT2D eigenvalue weighted by Crippen LogP contribution is -2.44. The molecule has 27 heavy (non-hydrogen) atoms. The first kappa shape index (κ1) is 17.3. The Morgan fingerprint density at radius 3 is 2.70 bits per heavy atom. The summed E-state index contributed by atoms with van der Waals surface area (Å²) in [5, 5.41) is 3.62. The van der Waals surface area contributed by atoms with E-state index in [0.717, 1.165) is 17.3 Å². The zero-order valence-corrected chi connectivity index (χ0v) is 14.7. The van der Waals surface area contributed by atoms with E-state index in [0.29, 0.717) is 25.2 Å². The maximum Gasteiger partial charge on any atom is 0.270 e. The van der Waals surface area contributed by atoms with Crippen molar-refractivity contribution in [1.29, 1.82) is 0 Å². The summed E-state index contributed by atoms with van der Waals surface area (Å²) in [5.74, 6) is -1.19. The molecular formula is C21H20FN3O2. The van der Waals surface area contributed by atoms with Gasteiger partial charge in [-0.05, 0) is 37.1 Å². The number of carbonyl (C=O) groups excluding carboxylic acids is 2. The smallest absolute Gasteiger partial charge is 0.270 e. The van der Waals surface area contributed by atoms with E-state index in [1.54, 1.807) is 17.0 Å².